The van der Waals surface area contributed by atoms with E-state index in [9.17, 15) is 14.4 Å². The molecule has 6 nitrogen and oxygen atoms in total. The molecule has 2 aromatic carbocycles. The van der Waals surface area contributed by atoms with Gasteiger partial charge in [-0.05, 0) is 43.3 Å². The highest BCUT2D eigenvalue weighted by atomic mass is 32.2. The molecule has 2 aromatic rings. The lowest BCUT2D eigenvalue weighted by Gasteiger charge is -2.12. The Morgan fingerprint density at radius 2 is 1.56 bits per heavy atom. The van der Waals surface area contributed by atoms with Gasteiger partial charge >= 0.3 is 5.97 Å². The van der Waals surface area contributed by atoms with E-state index in [1.165, 1.54) is 19.1 Å². The van der Waals surface area contributed by atoms with E-state index >= 15 is 0 Å². The molecule has 0 bridgehead atoms. The fraction of sp³-hybridized carbons (Fsp3) is 0.250. The van der Waals surface area contributed by atoms with Crippen LogP contribution in [0, 0.1) is 0 Å². The summed E-state index contributed by atoms with van der Waals surface area (Å²) in [5.41, 5.74) is 1.46. The van der Waals surface area contributed by atoms with Gasteiger partial charge in [0.1, 0.15) is 6.04 Å². The molecule has 2 amide bonds. The predicted octanol–water partition coefficient (Wildman–Crippen LogP) is 3.64. The van der Waals surface area contributed by atoms with Crippen LogP contribution in [0.3, 0.4) is 0 Å². The Bertz CT molecular complexity index is 834. The summed E-state index contributed by atoms with van der Waals surface area (Å²) in [6.07, 6.45) is 0. The number of nitrogens with one attached hydrogen (secondary N) is 2. The number of anilines is 1. The Hall–Kier alpha value is -2.80. The molecule has 2 rings (SSSR count). The van der Waals surface area contributed by atoms with E-state index in [0.29, 0.717) is 22.1 Å². The summed E-state index contributed by atoms with van der Waals surface area (Å²) < 4.78 is 0. The minimum Gasteiger partial charge on any atom is -0.480 e. The average Bonchev–Trinajstić information content (AvgIpc) is 2.62. The van der Waals surface area contributed by atoms with Gasteiger partial charge in [-0.15, -0.1) is 11.8 Å². The molecule has 0 fully saturated rings. The number of hydrogen-bond donors (Lipinski definition) is 3. The van der Waals surface area contributed by atoms with Crippen LogP contribution in [0.25, 0.3) is 0 Å². The van der Waals surface area contributed by atoms with Crippen molar-refractivity contribution in [1.29, 1.82) is 0 Å². The van der Waals surface area contributed by atoms with E-state index in [-0.39, 0.29) is 5.91 Å². The van der Waals surface area contributed by atoms with Gasteiger partial charge in [-0.25, -0.2) is 0 Å². The minimum atomic E-state index is -1.11. The van der Waals surface area contributed by atoms with E-state index in [1.807, 2.05) is 18.2 Å². The first kappa shape index (κ1) is 20.5. The number of carbonyl (C=O) groups excluding carboxylic acids is 2. The third-order valence-electron chi connectivity index (χ3n) is 3.62. The van der Waals surface area contributed by atoms with Gasteiger partial charge in [0.25, 0.3) is 11.8 Å². The second-order valence-electron chi connectivity index (χ2n) is 6.23. The molecule has 1 atom stereocenters. The molecule has 7 heteroatoms. The lowest BCUT2D eigenvalue weighted by atomic mass is 10.1. The zero-order chi connectivity index (χ0) is 20.0. The van der Waals surface area contributed by atoms with Crippen LogP contribution in [0.5, 0.6) is 0 Å². The predicted molar refractivity (Wildman–Crippen MR) is 106 cm³/mol. The molecule has 0 heterocycles. The highest BCUT2D eigenvalue weighted by Crippen LogP contribution is 2.27. The van der Waals surface area contributed by atoms with Crippen molar-refractivity contribution in [3.8, 4) is 0 Å². The maximum atomic E-state index is 12.6. The maximum Gasteiger partial charge on any atom is 0.325 e. The fourth-order valence-electron chi connectivity index (χ4n) is 2.26. The Labute approximate surface area is 162 Å². The van der Waals surface area contributed by atoms with Crippen LogP contribution in [0.2, 0.25) is 0 Å². The monoisotopic (exact) mass is 386 g/mol. The summed E-state index contributed by atoms with van der Waals surface area (Å²) in [7, 11) is 0. The first-order valence-corrected chi connectivity index (χ1v) is 9.36. The van der Waals surface area contributed by atoms with Crippen LogP contribution < -0.4 is 10.6 Å². The molecule has 0 saturated heterocycles. The number of carboxylic acids is 1. The second-order valence-corrected chi connectivity index (χ2v) is 7.85. The van der Waals surface area contributed by atoms with Crippen molar-refractivity contribution >= 4 is 35.2 Å². The number of thioether (sulfide) groups is 1. The highest BCUT2D eigenvalue weighted by molar-refractivity contribution is 8.00. The number of aliphatic carboxylic acids is 1. The largest absolute Gasteiger partial charge is 0.480 e. The summed E-state index contributed by atoms with van der Waals surface area (Å²) in [6, 6.07) is 12.7. The van der Waals surface area contributed by atoms with Gasteiger partial charge in [-0.1, -0.05) is 26.0 Å². The summed E-state index contributed by atoms with van der Waals surface area (Å²) in [5.74, 6) is -1.82. The molecule has 0 spiro atoms. The number of rotatable bonds is 7. The molecule has 0 radical (unpaired) electrons. The summed E-state index contributed by atoms with van der Waals surface area (Å²) in [4.78, 5) is 36.3. The van der Waals surface area contributed by atoms with E-state index in [4.69, 9.17) is 5.11 Å². The third kappa shape index (κ3) is 5.86. The van der Waals surface area contributed by atoms with Crippen LogP contribution in [0.15, 0.2) is 53.4 Å². The van der Waals surface area contributed by atoms with E-state index in [1.54, 1.807) is 30.0 Å². The van der Waals surface area contributed by atoms with Gasteiger partial charge in [0.2, 0.25) is 0 Å². The molecular weight excluding hydrogens is 364 g/mol. The molecule has 0 aromatic heterocycles. The maximum absolute atomic E-state index is 12.6. The topological polar surface area (TPSA) is 95.5 Å². The Balaban J connectivity index is 2.07. The molecule has 0 saturated carbocycles. The number of hydrogen-bond acceptors (Lipinski definition) is 4. The van der Waals surface area contributed by atoms with E-state index in [0.717, 1.165) is 4.90 Å². The molecule has 1 unspecified atom stereocenters. The Kier molecular flexibility index (Phi) is 7.01. The van der Waals surface area contributed by atoms with Crippen molar-refractivity contribution in [1.82, 2.24) is 5.32 Å². The first-order chi connectivity index (χ1) is 12.8. The number of carbonyl (C=O) groups is 3. The van der Waals surface area contributed by atoms with E-state index in [2.05, 4.69) is 24.5 Å². The lowest BCUT2D eigenvalue weighted by Crippen LogP contribution is -2.38. The average molecular weight is 386 g/mol. The van der Waals surface area contributed by atoms with Crippen molar-refractivity contribution in [3.63, 3.8) is 0 Å². The Morgan fingerprint density at radius 3 is 2.15 bits per heavy atom. The smallest absolute Gasteiger partial charge is 0.325 e. The van der Waals surface area contributed by atoms with Crippen LogP contribution >= 0.6 is 11.8 Å². The highest BCUT2D eigenvalue weighted by Gasteiger charge is 2.16. The van der Waals surface area contributed by atoms with Gasteiger partial charge in [0.15, 0.2) is 0 Å². The van der Waals surface area contributed by atoms with Crippen molar-refractivity contribution in [2.24, 2.45) is 0 Å². The summed E-state index contributed by atoms with van der Waals surface area (Å²) in [6.45, 7) is 5.52. The second kappa shape index (κ2) is 9.23. The van der Waals surface area contributed by atoms with Crippen LogP contribution in [-0.4, -0.2) is 34.2 Å². The Morgan fingerprint density at radius 1 is 0.926 bits per heavy atom. The normalized spacial score (nSPS) is 11.7. The van der Waals surface area contributed by atoms with E-state index < -0.39 is 17.9 Å². The molecule has 27 heavy (non-hydrogen) atoms. The van der Waals surface area contributed by atoms with Crippen LogP contribution in [0.4, 0.5) is 5.69 Å². The number of carboxylic acid groups (broad SMARTS) is 1. The quantitative estimate of drug-likeness (QED) is 0.632. The van der Waals surface area contributed by atoms with Crippen molar-refractivity contribution in [3.05, 3.63) is 59.7 Å². The summed E-state index contributed by atoms with van der Waals surface area (Å²) >= 11 is 1.62. The molecular formula is C20H22N2O4S. The molecule has 0 aliphatic rings. The zero-order valence-electron chi connectivity index (χ0n) is 15.4. The van der Waals surface area contributed by atoms with Gasteiger partial charge in [-0.3, -0.25) is 14.4 Å². The number of benzene rings is 2. The van der Waals surface area contributed by atoms with Crippen molar-refractivity contribution < 1.29 is 19.5 Å². The van der Waals surface area contributed by atoms with Gasteiger partial charge in [0, 0.05) is 21.4 Å². The summed E-state index contributed by atoms with van der Waals surface area (Å²) in [5, 5.41) is 14.4. The standard InChI is InChI=1S/C20H22N2O4S/c1-12(2)27-17-7-5-4-6-16(17)19(24)22-15-10-8-14(9-11-15)18(23)21-13(3)20(25)26/h4-13H,1-3H3,(H,21,23)(H,22,24)(H,25,26). The van der Waals surface area contributed by atoms with Gasteiger partial charge in [0.05, 0.1) is 5.56 Å². The SMILES string of the molecule is CC(C)Sc1ccccc1C(=O)Nc1ccc(C(=O)NC(C)C(=O)O)cc1. The molecule has 142 valence electrons. The van der Waals surface area contributed by atoms with Crippen LogP contribution in [-0.2, 0) is 4.79 Å². The molecule has 0 aliphatic heterocycles. The zero-order valence-corrected chi connectivity index (χ0v) is 16.2. The van der Waals surface area contributed by atoms with Crippen LogP contribution in [0.1, 0.15) is 41.5 Å². The number of amides is 2. The molecule has 0 aliphatic carbocycles. The lowest BCUT2D eigenvalue weighted by molar-refractivity contribution is -0.138. The first-order valence-electron chi connectivity index (χ1n) is 8.48. The van der Waals surface area contributed by atoms with Gasteiger partial charge in [-0.2, -0.15) is 0 Å². The molecule has 3 N–H and O–H groups in total. The third-order valence-corrected chi connectivity index (χ3v) is 4.70. The van der Waals surface area contributed by atoms with Crippen molar-refractivity contribution in [2.45, 2.75) is 37.0 Å². The van der Waals surface area contributed by atoms with Gasteiger partial charge < -0.3 is 15.7 Å². The van der Waals surface area contributed by atoms with Crippen molar-refractivity contribution in [2.75, 3.05) is 5.32 Å². The fourth-order valence-corrected chi connectivity index (χ4v) is 3.21. The minimum absolute atomic E-state index is 0.226.